The maximum absolute atomic E-state index is 12.3. The summed E-state index contributed by atoms with van der Waals surface area (Å²) >= 11 is 1.09. The second-order valence-electron chi connectivity index (χ2n) is 4.83. The topological polar surface area (TPSA) is 74.0 Å². The van der Waals surface area contributed by atoms with Crippen molar-refractivity contribution in [1.29, 1.82) is 0 Å². The molecular weight excluding hydrogens is 286 g/mol. The van der Waals surface area contributed by atoms with Crippen molar-refractivity contribution in [2.45, 2.75) is 26.8 Å². The summed E-state index contributed by atoms with van der Waals surface area (Å²) in [5, 5.41) is 7.81. The van der Waals surface area contributed by atoms with E-state index in [1.165, 1.54) is 0 Å². The molecule has 0 aliphatic rings. The van der Waals surface area contributed by atoms with E-state index in [1.54, 1.807) is 5.38 Å². The molecule has 0 unspecified atom stereocenters. The zero-order valence-electron chi connectivity index (χ0n) is 12.2. The van der Waals surface area contributed by atoms with E-state index in [-0.39, 0.29) is 10.8 Å². The fourth-order valence-electron chi connectivity index (χ4n) is 1.93. The summed E-state index contributed by atoms with van der Waals surface area (Å²) in [5.41, 5.74) is 3.28. The lowest BCUT2D eigenvalue weighted by Gasteiger charge is -2.12. The number of anilines is 1. The molecule has 1 aromatic carbocycles. The SMILES string of the molecule is CCCNc1cc(C)ccc1C(=O)NCc1csc(=O)[nH]1. The maximum Gasteiger partial charge on any atom is 0.304 e. The van der Waals surface area contributed by atoms with E-state index in [2.05, 4.69) is 22.5 Å². The molecule has 0 spiro atoms. The predicted octanol–water partition coefficient (Wildman–Crippen LogP) is 2.50. The maximum atomic E-state index is 12.3. The summed E-state index contributed by atoms with van der Waals surface area (Å²) in [6.07, 6.45) is 0.991. The third-order valence-electron chi connectivity index (χ3n) is 3.00. The van der Waals surface area contributed by atoms with E-state index in [0.29, 0.717) is 17.8 Å². The van der Waals surface area contributed by atoms with Gasteiger partial charge < -0.3 is 15.6 Å². The number of benzene rings is 1. The fourth-order valence-corrected chi connectivity index (χ4v) is 2.51. The Morgan fingerprint density at radius 3 is 2.86 bits per heavy atom. The summed E-state index contributed by atoms with van der Waals surface area (Å²) in [6.45, 7) is 5.21. The second kappa shape index (κ2) is 7.08. The number of aromatic nitrogens is 1. The lowest BCUT2D eigenvalue weighted by atomic mass is 10.1. The highest BCUT2D eigenvalue weighted by Crippen LogP contribution is 2.17. The van der Waals surface area contributed by atoms with Gasteiger partial charge in [-0.25, -0.2) is 0 Å². The van der Waals surface area contributed by atoms with Gasteiger partial charge >= 0.3 is 4.87 Å². The Kier molecular flexibility index (Phi) is 5.16. The van der Waals surface area contributed by atoms with Crippen LogP contribution in [0.2, 0.25) is 0 Å². The molecule has 3 N–H and O–H groups in total. The first-order chi connectivity index (χ1) is 10.1. The van der Waals surface area contributed by atoms with E-state index >= 15 is 0 Å². The molecule has 1 aromatic heterocycles. The number of amides is 1. The number of hydrogen-bond donors (Lipinski definition) is 3. The van der Waals surface area contributed by atoms with Crippen molar-refractivity contribution in [1.82, 2.24) is 10.3 Å². The van der Waals surface area contributed by atoms with Crippen LogP contribution in [0.25, 0.3) is 0 Å². The Morgan fingerprint density at radius 1 is 1.38 bits per heavy atom. The van der Waals surface area contributed by atoms with Crippen LogP contribution in [0.15, 0.2) is 28.4 Å². The van der Waals surface area contributed by atoms with Crippen LogP contribution in [0.4, 0.5) is 5.69 Å². The van der Waals surface area contributed by atoms with Gasteiger partial charge in [-0.1, -0.05) is 24.3 Å². The van der Waals surface area contributed by atoms with Gasteiger partial charge in [0.25, 0.3) is 5.91 Å². The van der Waals surface area contributed by atoms with E-state index < -0.39 is 0 Å². The molecule has 0 saturated carbocycles. The normalized spacial score (nSPS) is 10.4. The van der Waals surface area contributed by atoms with E-state index in [9.17, 15) is 9.59 Å². The zero-order valence-corrected chi connectivity index (χ0v) is 13.0. The Labute approximate surface area is 127 Å². The lowest BCUT2D eigenvalue weighted by molar-refractivity contribution is 0.0951. The molecule has 1 heterocycles. The van der Waals surface area contributed by atoms with E-state index in [1.807, 2.05) is 25.1 Å². The number of nitrogens with one attached hydrogen (secondary N) is 3. The number of rotatable bonds is 6. The Bertz CT molecular complexity index is 676. The summed E-state index contributed by atoms with van der Waals surface area (Å²) < 4.78 is 0. The number of carbonyl (C=O) groups is 1. The first-order valence-electron chi connectivity index (χ1n) is 6.89. The van der Waals surface area contributed by atoms with E-state index in [4.69, 9.17) is 0 Å². The number of thiazole rings is 1. The van der Waals surface area contributed by atoms with Crippen LogP contribution in [0.1, 0.15) is 35.0 Å². The van der Waals surface area contributed by atoms with Crippen molar-refractivity contribution in [2.24, 2.45) is 0 Å². The average Bonchev–Trinajstić information content (AvgIpc) is 2.88. The van der Waals surface area contributed by atoms with Crippen LogP contribution in [-0.4, -0.2) is 17.4 Å². The molecule has 0 bridgehead atoms. The molecule has 0 saturated heterocycles. The quantitative estimate of drug-likeness (QED) is 0.767. The number of aromatic amines is 1. The number of H-pyrrole nitrogens is 1. The Balaban J connectivity index is 2.08. The monoisotopic (exact) mass is 305 g/mol. The van der Waals surface area contributed by atoms with Gasteiger partial charge in [0.2, 0.25) is 0 Å². The van der Waals surface area contributed by atoms with Crippen LogP contribution in [0.3, 0.4) is 0 Å². The molecular formula is C15H19N3O2S. The van der Waals surface area contributed by atoms with Crippen LogP contribution in [-0.2, 0) is 6.54 Å². The molecule has 0 aliphatic carbocycles. The first kappa shape index (κ1) is 15.3. The van der Waals surface area contributed by atoms with Gasteiger partial charge in [0, 0.05) is 23.3 Å². The zero-order chi connectivity index (χ0) is 15.2. The van der Waals surface area contributed by atoms with Gasteiger partial charge in [-0.05, 0) is 31.0 Å². The third-order valence-corrected chi connectivity index (χ3v) is 3.71. The average molecular weight is 305 g/mol. The number of hydrogen-bond acceptors (Lipinski definition) is 4. The van der Waals surface area contributed by atoms with Gasteiger partial charge in [0.15, 0.2) is 0 Å². The van der Waals surface area contributed by atoms with Crippen LogP contribution < -0.4 is 15.5 Å². The molecule has 1 amide bonds. The van der Waals surface area contributed by atoms with Crippen molar-refractivity contribution in [3.8, 4) is 0 Å². The minimum absolute atomic E-state index is 0.111. The van der Waals surface area contributed by atoms with Crippen molar-refractivity contribution in [2.75, 3.05) is 11.9 Å². The summed E-state index contributed by atoms with van der Waals surface area (Å²) in [6, 6.07) is 5.70. The molecule has 2 rings (SSSR count). The second-order valence-corrected chi connectivity index (χ2v) is 5.67. The Hall–Kier alpha value is -2.08. The highest BCUT2D eigenvalue weighted by atomic mass is 32.1. The minimum atomic E-state index is -0.152. The molecule has 5 nitrogen and oxygen atoms in total. The highest BCUT2D eigenvalue weighted by Gasteiger charge is 2.11. The number of aryl methyl sites for hydroxylation is 1. The van der Waals surface area contributed by atoms with Crippen molar-refractivity contribution >= 4 is 22.9 Å². The van der Waals surface area contributed by atoms with Gasteiger partial charge in [-0.2, -0.15) is 0 Å². The highest BCUT2D eigenvalue weighted by molar-refractivity contribution is 7.07. The van der Waals surface area contributed by atoms with E-state index in [0.717, 1.165) is 35.6 Å². The fraction of sp³-hybridized carbons (Fsp3) is 0.333. The molecule has 21 heavy (non-hydrogen) atoms. The number of carbonyl (C=O) groups excluding carboxylic acids is 1. The molecule has 6 heteroatoms. The Morgan fingerprint density at radius 2 is 2.19 bits per heavy atom. The summed E-state index contributed by atoms with van der Waals surface area (Å²) in [5.74, 6) is -0.152. The molecule has 0 radical (unpaired) electrons. The van der Waals surface area contributed by atoms with Gasteiger partial charge in [-0.15, -0.1) is 0 Å². The molecule has 0 aliphatic heterocycles. The molecule has 0 atom stereocenters. The standard InChI is InChI=1S/C15H19N3O2S/c1-3-6-16-13-7-10(2)4-5-12(13)14(19)17-8-11-9-21-15(20)18-11/h4-5,7,9,16H,3,6,8H2,1-2H3,(H,17,19)(H,18,20). The predicted molar refractivity (Wildman–Crippen MR) is 86.1 cm³/mol. The van der Waals surface area contributed by atoms with Crippen molar-refractivity contribution in [3.05, 3.63) is 50.1 Å². The lowest BCUT2D eigenvalue weighted by Crippen LogP contribution is -2.24. The molecule has 2 aromatic rings. The molecule has 0 fully saturated rings. The first-order valence-corrected chi connectivity index (χ1v) is 7.77. The smallest absolute Gasteiger partial charge is 0.304 e. The molecule has 112 valence electrons. The van der Waals surface area contributed by atoms with Crippen LogP contribution in [0.5, 0.6) is 0 Å². The third kappa shape index (κ3) is 4.19. The van der Waals surface area contributed by atoms with Crippen LogP contribution >= 0.6 is 11.3 Å². The van der Waals surface area contributed by atoms with Crippen molar-refractivity contribution in [3.63, 3.8) is 0 Å². The summed E-state index contributed by atoms with van der Waals surface area (Å²) in [7, 11) is 0. The van der Waals surface area contributed by atoms with Gasteiger partial charge in [0.1, 0.15) is 0 Å². The van der Waals surface area contributed by atoms with Crippen molar-refractivity contribution < 1.29 is 4.79 Å². The minimum Gasteiger partial charge on any atom is -0.384 e. The largest absolute Gasteiger partial charge is 0.384 e. The van der Waals surface area contributed by atoms with Crippen LogP contribution in [0, 0.1) is 6.92 Å². The van der Waals surface area contributed by atoms with Gasteiger partial charge in [0.05, 0.1) is 12.1 Å². The summed E-state index contributed by atoms with van der Waals surface area (Å²) in [4.78, 5) is 25.9. The van der Waals surface area contributed by atoms with Gasteiger partial charge in [-0.3, -0.25) is 9.59 Å².